The van der Waals surface area contributed by atoms with Crippen LogP contribution in [0.5, 0.6) is 0 Å². The summed E-state index contributed by atoms with van der Waals surface area (Å²) in [6.45, 7) is 2.05. The number of nitrogens with zero attached hydrogens (tertiary/aromatic N) is 1. The lowest BCUT2D eigenvalue weighted by Gasteiger charge is -2.18. The Bertz CT molecular complexity index is 519. The second kappa shape index (κ2) is 6.00. The summed E-state index contributed by atoms with van der Waals surface area (Å²) in [5.74, 6) is -0.366. The summed E-state index contributed by atoms with van der Waals surface area (Å²) in [5.41, 5.74) is 0.890. The van der Waals surface area contributed by atoms with Gasteiger partial charge in [0.2, 0.25) is 0 Å². The highest BCUT2D eigenvalue weighted by Gasteiger charge is 2.37. The molecule has 19 heavy (non-hydrogen) atoms. The number of allylic oxidation sites excluding steroid dienone is 3. The van der Waals surface area contributed by atoms with Crippen LogP contribution in [0.2, 0.25) is 0 Å². The van der Waals surface area contributed by atoms with E-state index in [0.29, 0.717) is 0 Å². The molecule has 1 aliphatic rings. The first-order valence-corrected chi connectivity index (χ1v) is 6.08. The lowest BCUT2D eigenvalue weighted by molar-refractivity contribution is -0.124. The van der Waals surface area contributed by atoms with Crippen LogP contribution in [-0.2, 0) is 9.53 Å². The monoisotopic (exact) mass is 257 g/mol. The van der Waals surface area contributed by atoms with Crippen molar-refractivity contribution in [1.82, 2.24) is 4.90 Å². The molecule has 2 rings (SSSR count). The summed E-state index contributed by atoms with van der Waals surface area (Å²) < 4.78 is 4.97. The highest BCUT2D eigenvalue weighted by molar-refractivity contribution is 6.00. The zero-order valence-electron chi connectivity index (χ0n) is 10.7. The molecular weight excluding hydrogens is 242 g/mol. The van der Waals surface area contributed by atoms with E-state index in [1.165, 1.54) is 6.08 Å². The molecule has 1 fully saturated rings. The van der Waals surface area contributed by atoms with Gasteiger partial charge in [-0.05, 0) is 12.5 Å². The minimum Gasteiger partial charge on any atom is -0.446 e. The summed E-state index contributed by atoms with van der Waals surface area (Å²) in [6.07, 6.45) is 5.92. The van der Waals surface area contributed by atoms with E-state index in [0.717, 1.165) is 10.5 Å². The van der Waals surface area contributed by atoms with Crippen LogP contribution in [0.4, 0.5) is 4.79 Å². The van der Waals surface area contributed by atoms with Gasteiger partial charge in [-0.15, -0.1) is 0 Å². The molecule has 1 aliphatic heterocycles. The molecule has 2 amide bonds. The minimum atomic E-state index is -0.594. The summed E-state index contributed by atoms with van der Waals surface area (Å²) in [5, 5.41) is 0. The lowest BCUT2D eigenvalue weighted by Crippen LogP contribution is -2.32. The Kier molecular flexibility index (Phi) is 4.13. The normalized spacial score (nSPS) is 19.3. The number of cyclic esters (lactones) is 1. The van der Waals surface area contributed by atoms with Crippen LogP contribution in [0.15, 0.2) is 54.6 Å². The third kappa shape index (κ3) is 2.91. The Morgan fingerprint density at radius 1 is 1.32 bits per heavy atom. The van der Waals surface area contributed by atoms with Gasteiger partial charge in [-0.3, -0.25) is 4.79 Å². The first-order chi connectivity index (χ1) is 9.24. The van der Waals surface area contributed by atoms with E-state index in [2.05, 4.69) is 0 Å². The quantitative estimate of drug-likeness (QED) is 0.618. The molecule has 1 saturated heterocycles. The van der Waals surface area contributed by atoms with Crippen molar-refractivity contribution in [2.24, 2.45) is 0 Å². The van der Waals surface area contributed by atoms with E-state index in [9.17, 15) is 9.59 Å². The maximum absolute atomic E-state index is 12.0. The highest BCUT2D eigenvalue weighted by Crippen LogP contribution is 2.27. The topological polar surface area (TPSA) is 46.6 Å². The van der Waals surface area contributed by atoms with Crippen LogP contribution >= 0.6 is 0 Å². The smallest absolute Gasteiger partial charge is 0.417 e. The molecule has 0 N–H and O–H groups in total. The molecule has 0 bridgehead atoms. The van der Waals surface area contributed by atoms with Crippen LogP contribution in [0.25, 0.3) is 0 Å². The third-order valence-corrected chi connectivity index (χ3v) is 2.84. The molecule has 0 saturated carbocycles. The van der Waals surface area contributed by atoms with Gasteiger partial charge in [-0.2, -0.15) is 0 Å². The van der Waals surface area contributed by atoms with Gasteiger partial charge >= 0.3 is 6.09 Å². The van der Waals surface area contributed by atoms with Gasteiger partial charge in [0.05, 0.1) is 0 Å². The molecule has 1 heterocycles. The van der Waals surface area contributed by atoms with Gasteiger partial charge in [-0.1, -0.05) is 48.6 Å². The number of carbonyl (C=O) groups excluding carboxylic acids is 2. The fourth-order valence-electron chi connectivity index (χ4n) is 1.91. The maximum Gasteiger partial charge on any atom is 0.417 e. The standard InChI is InChI=1S/C15H15NO3/c1-2-3-5-10-14(17)16-13(11-19-15(16)18)12-8-6-4-7-9-12/h2-10,13H,11H2,1H3/b3-2+,10-5+. The number of hydrogen-bond donors (Lipinski definition) is 0. The first kappa shape index (κ1) is 13.1. The van der Waals surface area contributed by atoms with Crippen LogP contribution < -0.4 is 0 Å². The number of imide groups is 1. The second-order valence-electron chi connectivity index (χ2n) is 4.10. The second-order valence-corrected chi connectivity index (χ2v) is 4.10. The highest BCUT2D eigenvalue weighted by atomic mass is 16.6. The fourth-order valence-corrected chi connectivity index (χ4v) is 1.91. The molecule has 1 aromatic rings. The van der Waals surface area contributed by atoms with Gasteiger partial charge in [0.15, 0.2) is 0 Å². The van der Waals surface area contributed by atoms with Gasteiger partial charge in [0, 0.05) is 6.08 Å². The van der Waals surface area contributed by atoms with Crippen LogP contribution in [0.3, 0.4) is 0 Å². The average molecular weight is 257 g/mol. The van der Waals surface area contributed by atoms with Crippen LogP contribution in [-0.4, -0.2) is 23.5 Å². The molecule has 1 aromatic carbocycles. The molecule has 1 atom stereocenters. The molecule has 0 aromatic heterocycles. The van der Waals surface area contributed by atoms with Crippen LogP contribution in [0, 0.1) is 0 Å². The molecule has 0 radical (unpaired) electrons. The molecule has 0 aliphatic carbocycles. The predicted molar refractivity (Wildman–Crippen MR) is 71.3 cm³/mol. The van der Waals surface area contributed by atoms with Crippen LogP contribution in [0.1, 0.15) is 18.5 Å². The Labute approximate surface area is 112 Å². The average Bonchev–Trinajstić information content (AvgIpc) is 2.82. The molecular formula is C15H15NO3. The molecule has 98 valence electrons. The zero-order valence-corrected chi connectivity index (χ0v) is 10.7. The maximum atomic E-state index is 12.0. The van der Waals surface area contributed by atoms with E-state index in [-0.39, 0.29) is 18.6 Å². The zero-order chi connectivity index (χ0) is 13.7. The van der Waals surface area contributed by atoms with Gasteiger partial charge in [0.1, 0.15) is 12.6 Å². The fraction of sp³-hybridized carbons (Fsp3) is 0.200. The lowest BCUT2D eigenvalue weighted by atomic mass is 10.1. The van der Waals surface area contributed by atoms with Gasteiger partial charge < -0.3 is 4.74 Å². The Morgan fingerprint density at radius 2 is 2.05 bits per heavy atom. The summed E-state index contributed by atoms with van der Waals surface area (Å²) in [6, 6.07) is 9.04. The van der Waals surface area contributed by atoms with Crippen molar-refractivity contribution in [3.05, 3.63) is 60.2 Å². The number of benzene rings is 1. The molecule has 1 unspecified atom stereocenters. The van der Waals surface area contributed by atoms with Crippen molar-refractivity contribution in [3.8, 4) is 0 Å². The van der Waals surface area contributed by atoms with E-state index in [4.69, 9.17) is 4.74 Å². The third-order valence-electron chi connectivity index (χ3n) is 2.84. The minimum absolute atomic E-state index is 0.200. The molecule has 0 spiro atoms. The number of rotatable bonds is 3. The number of amides is 2. The van der Waals surface area contributed by atoms with Gasteiger partial charge in [-0.25, -0.2) is 9.69 Å². The predicted octanol–water partition coefficient (Wildman–Crippen LogP) is 2.84. The Hall–Kier alpha value is -2.36. The van der Waals surface area contributed by atoms with Crippen molar-refractivity contribution in [3.63, 3.8) is 0 Å². The molecule has 4 nitrogen and oxygen atoms in total. The van der Waals surface area contributed by atoms with Crippen molar-refractivity contribution >= 4 is 12.0 Å². The summed E-state index contributed by atoms with van der Waals surface area (Å²) in [7, 11) is 0. The summed E-state index contributed by atoms with van der Waals surface area (Å²) in [4.78, 5) is 24.8. The number of carbonyl (C=O) groups is 2. The Balaban J connectivity index is 2.21. The van der Waals surface area contributed by atoms with Crippen molar-refractivity contribution in [1.29, 1.82) is 0 Å². The van der Waals surface area contributed by atoms with Gasteiger partial charge in [0.25, 0.3) is 5.91 Å². The van der Waals surface area contributed by atoms with E-state index in [1.807, 2.05) is 37.3 Å². The van der Waals surface area contributed by atoms with E-state index < -0.39 is 6.09 Å². The Morgan fingerprint density at radius 3 is 2.74 bits per heavy atom. The number of ether oxygens (including phenoxy) is 1. The largest absolute Gasteiger partial charge is 0.446 e. The van der Waals surface area contributed by atoms with E-state index >= 15 is 0 Å². The van der Waals surface area contributed by atoms with E-state index in [1.54, 1.807) is 18.2 Å². The SMILES string of the molecule is C/C=C/C=C/C(=O)N1C(=O)OCC1c1ccccc1. The summed E-state index contributed by atoms with van der Waals surface area (Å²) >= 11 is 0. The molecule has 4 heteroatoms. The van der Waals surface area contributed by atoms with Crippen molar-refractivity contribution < 1.29 is 14.3 Å². The first-order valence-electron chi connectivity index (χ1n) is 6.08. The van der Waals surface area contributed by atoms with Crippen molar-refractivity contribution in [2.45, 2.75) is 13.0 Å². The van der Waals surface area contributed by atoms with Crippen molar-refractivity contribution in [2.75, 3.05) is 6.61 Å². The number of hydrogen-bond acceptors (Lipinski definition) is 3.